The van der Waals surface area contributed by atoms with Crippen molar-refractivity contribution in [2.24, 2.45) is 0 Å². The van der Waals surface area contributed by atoms with Crippen LogP contribution in [-0.2, 0) is 14.3 Å². The highest BCUT2D eigenvalue weighted by molar-refractivity contribution is 6.17. The first kappa shape index (κ1) is 6.86. The average molecular weight is 140 g/mol. The summed E-state index contributed by atoms with van der Waals surface area (Å²) in [6.07, 6.45) is 0. The number of methoxy groups -OCH3 is 2. The fourth-order valence-electron chi connectivity index (χ4n) is 0.819. The number of rotatable bonds is 2. The minimum atomic E-state index is -0.167. The SMILES string of the molecule is C=C1C(=O)C(OC)=C1OC. The monoisotopic (exact) mass is 140 g/mol. The molecule has 0 aromatic heterocycles. The first-order valence-electron chi connectivity index (χ1n) is 2.78. The van der Waals surface area contributed by atoms with Gasteiger partial charge in [-0.05, 0) is 0 Å². The van der Waals surface area contributed by atoms with Gasteiger partial charge in [0.25, 0.3) is 0 Å². The molecule has 0 radical (unpaired) electrons. The van der Waals surface area contributed by atoms with Gasteiger partial charge in [-0.25, -0.2) is 0 Å². The van der Waals surface area contributed by atoms with Crippen LogP contribution in [0.2, 0.25) is 0 Å². The summed E-state index contributed by atoms with van der Waals surface area (Å²) in [5, 5.41) is 0. The van der Waals surface area contributed by atoms with E-state index in [-0.39, 0.29) is 11.5 Å². The molecule has 0 aromatic rings. The number of allylic oxidation sites excluding steroid dienone is 2. The first-order valence-corrected chi connectivity index (χ1v) is 2.78. The molecule has 1 rings (SSSR count). The molecule has 0 amide bonds. The quantitative estimate of drug-likeness (QED) is 0.528. The van der Waals surface area contributed by atoms with E-state index in [1.54, 1.807) is 0 Å². The molecule has 0 fully saturated rings. The van der Waals surface area contributed by atoms with E-state index in [0.717, 1.165) is 0 Å². The van der Waals surface area contributed by atoms with Crippen molar-refractivity contribution in [3.8, 4) is 0 Å². The number of carbonyl (C=O) groups is 1. The molecule has 0 saturated carbocycles. The summed E-state index contributed by atoms with van der Waals surface area (Å²) < 4.78 is 9.52. The zero-order valence-electron chi connectivity index (χ0n) is 5.93. The number of ether oxygens (including phenoxy) is 2. The third-order valence-corrected chi connectivity index (χ3v) is 1.37. The molecular weight excluding hydrogens is 132 g/mol. The van der Waals surface area contributed by atoms with E-state index in [0.29, 0.717) is 11.3 Å². The molecule has 0 N–H and O–H groups in total. The van der Waals surface area contributed by atoms with Crippen LogP contribution in [0.3, 0.4) is 0 Å². The third-order valence-electron chi connectivity index (χ3n) is 1.37. The fraction of sp³-hybridized carbons (Fsp3) is 0.286. The van der Waals surface area contributed by atoms with Crippen LogP contribution in [0, 0.1) is 0 Å². The lowest BCUT2D eigenvalue weighted by atomic mass is 9.98. The Hall–Kier alpha value is -1.25. The van der Waals surface area contributed by atoms with E-state index in [9.17, 15) is 4.79 Å². The maximum Gasteiger partial charge on any atom is 0.234 e. The second-order valence-corrected chi connectivity index (χ2v) is 1.87. The van der Waals surface area contributed by atoms with Crippen LogP contribution in [0.15, 0.2) is 23.7 Å². The third kappa shape index (κ3) is 0.635. The summed E-state index contributed by atoms with van der Waals surface area (Å²) in [6, 6.07) is 0. The Morgan fingerprint density at radius 1 is 1.20 bits per heavy atom. The van der Waals surface area contributed by atoms with Gasteiger partial charge < -0.3 is 9.47 Å². The van der Waals surface area contributed by atoms with Crippen LogP contribution in [0.1, 0.15) is 0 Å². The molecule has 1 aliphatic carbocycles. The highest BCUT2D eigenvalue weighted by atomic mass is 16.5. The van der Waals surface area contributed by atoms with Gasteiger partial charge in [0.05, 0.1) is 19.8 Å². The topological polar surface area (TPSA) is 35.5 Å². The maximum atomic E-state index is 10.8. The minimum Gasteiger partial charge on any atom is -0.492 e. The summed E-state index contributed by atoms with van der Waals surface area (Å²) in [4.78, 5) is 10.8. The van der Waals surface area contributed by atoms with E-state index in [4.69, 9.17) is 9.47 Å². The zero-order valence-corrected chi connectivity index (χ0v) is 5.93. The smallest absolute Gasteiger partial charge is 0.234 e. The largest absolute Gasteiger partial charge is 0.492 e. The molecular formula is C7H8O3. The predicted octanol–water partition coefficient (Wildman–Crippen LogP) is 0.630. The van der Waals surface area contributed by atoms with Crippen LogP contribution in [0.5, 0.6) is 0 Å². The summed E-state index contributed by atoms with van der Waals surface area (Å²) in [7, 11) is 2.91. The van der Waals surface area contributed by atoms with Gasteiger partial charge in [0.2, 0.25) is 11.5 Å². The molecule has 54 valence electrons. The van der Waals surface area contributed by atoms with Crippen LogP contribution in [0.25, 0.3) is 0 Å². The molecule has 0 spiro atoms. The van der Waals surface area contributed by atoms with Gasteiger partial charge in [0, 0.05) is 0 Å². The molecule has 1 aliphatic rings. The van der Waals surface area contributed by atoms with Gasteiger partial charge in [0.15, 0.2) is 5.76 Å². The Kier molecular flexibility index (Phi) is 1.49. The van der Waals surface area contributed by atoms with Gasteiger partial charge in [-0.1, -0.05) is 6.58 Å². The second-order valence-electron chi connectivity index (χ2n) is 1.87. The molecule has 0 aromatic carbocycles. The van der Waals surface area contributed by atoms with Crippen LogP contribution in [-0.4, -0.2) is 20.0 Å². The van der Waals surface area contributed by atoms with Gasteiger partial charge >= 0.3 is 0 Å². The Morgan fingerprint density at radius 2 is 1.70 bits per heavy atom. The molecule has 0 atom stereocenters. The van der Waals surface area contributed by atoms with Crippen molar-refractivity contribution in [3.63, 3.8) is 0 Å². The van der Waals surface area contributed by atoms with E-state index >= 15 is 0 Å². The summed E-state index contributed by atoms with van der Waals surface area (Å²) in [5.41, 5.74) is 0.388. The average Bonchev–Trinajstić information content (AvgIpc) is 1.97. The number of carbonyl (C=O) groups excluding carboxylic acids is 1. The van der Waals surface area contributed by atoms with Gasteiger partial charge in [-0.3, -0.25) is 4.79 Å². The normalized spacial score (nSPS) is 17.0. The van der Waals surface area contributed by atoms with Crippen LogP contribution < -0.4 is 0 Å². The molecule has 0 unspecified atom stereocenters. The van der Waals surface area contributed by atoms with Crippen LogP contribution in [0.4, 0.5) is 0 Å². The summed E-state index contributed by atoms with van der Waals surface area (Å²) >= 11 is 0. The van der Waals surface area contributed by atoms with Crippen molar-refractivity contribution in [3.05, 3.63) is 23.7 Å². The van der Waals surface area contributed by atoms with E-state index in [2.05, 4.69) is 6.58 Å². The zero-order chi connectivity index (χ0) is 7.72. The maximum absolute atomic E-state index is 10.8. The lowest BCUT2D eigenvalue weighted by Gasteiger charge is -2.20. The van der Waals surface area contributed by atoms with Crippen molar-refractivity contribution < 1.29 is 14.3 Å². The Labute approximate surface area is 58.9 Å². The van der Waals surface area contributed by atoms with Crippen molar-refractivity contribution in [2.75, 3.05) is 14.2 Å². The highest BCUT2D eigenvalue weighted by Crippen LogP contribution is 2.29. The van der Waals surface area contributed by atoms with Gasteiger partial charge in [0.1, 0.15) is 0 Å². The molecule has 3 heteroatoms. The number of Topliss-reactive ketones (excluding diaryl/α,β-unsaturated/α-hetero) is 1. The number of hydrogen-bond donors (Lipinski definition) is 0. The molecule has 0 aliphatic heterocycles. The minimum absolute atomic E-state index is 0.167. The Balaban J connectivity index is 2.94. The lowest BCUT2D eigenvalue weighted by molar-refractivity contribution is -0.117. The summed E-state index contributed by atoms with van der Waals surface area (Å²) in [5.74, 6) is 0.569. The van der Waals surface area contributed by atoms with Crippen molar-refractivity contribution in [2.45, 2.75) is 0 Å². The molecule has 0 bridgehead atoms. The first-order chi connectivity index (χ1) is 4.72. The lowest BCUT2D eigenvalue weighted by Crippen LogP contribution is -2.23. The van der Waals surface area contributed by atoms with Crippen molar-refractivity contribution >= 4 is 5.78 Å². The molecule has 0 saturated heterocycles. The molecule has 3 nitrogen and oxygen atoms in total. The Morgan fingerprint density at radius 3 is 2.00 bits per heavy atom. The molecule has 10 heavy (non-hydrogen) atoms. The Bertz CT molecular complexity index is 201. The molecule has 0 heterocycles. The van der Waals surface area contributed by atoms with E-state index in [1.165, 1.54) is 14.2 Å². The van der Waals surface area contributed by atoms with Gasteiger partial charge in [-0.15, -0.1) is 0 Å². The van der Waals surface area contributed by atoms with E-state index < -0.39 is 0 Å². The van der Waals surface area contributed by atoms with Crippen molar-refractivity contribution in [1.29, 1.82) is 0 Å². The number of hydrogen-bond acceptors (Lipinski definition) is 3. The van der Waals surface area contributed by atoms with Crippen LogP contribution >= 0.6 is 0 Å². The van der Waals surface area contributed by atoms with E-state index in [1.807, 2.05) is 0 Å². The standard InChI is InChI=1S/C7H8O3/c1-4-5(8)7(10-3)6(4)9-2/h1H2,2-3H3. The summed E-state index contributed by atoms with van der Waals surface area (Å²) in [6.45, 7) is 3.48. The van der Waals surface area contributed by atoms with Crippen molar-refractivity contribution in [1.82, 2.24) is 0 Å². The van der Waals surface area contributed by atoms with Gasteiger partial charge in [-0.2, -0.15) is 0 Å². The second kappa shape index (κ2) is 2.17. The number of ketones is 1. The highest BCUT2D eigenvalue weighted by Gasteiger charge is 2.34. The predicted molar refractivity (Wildman–Crippen MR) is 35.2 cm³/mol. The fourth-order valence-corrected chi connectivity index (χ4v) is 0.819.